The highest BCUT2D eigenvalue weighted by Crippen LogP contribution is 2.29. The van der Waals surface area contributed by atoms with Crippen molar-refractivity contribution in [1.82, 2.24) is 4.31 Å². The molecule has 0 radical (unpaired) electrons. The molecular formula is C16H24ClNO2S. The van der Waals surface area contributed by atoms with Crippen LogP contribution in [0.15, 0.2) is 29.2 Å². The van der Waals surface area contributed by atoms with Gasteiger partial charge >= 0.3 is 0 Å². The smallest absolute Gasteiger partial charge is 0.207 e. The first kappa shape index (κ1) is 16.8. The van der Waals surface area contributed by atoms with Crippen molar-refractivity contribution in [3.05, 3.63) is 29.8 Å². The van der Waals surface area contributed by atoms with Gasteiger partial charge in [0.25, 0.3) is 0 Å². The molecule has 1 aliphatic carbocycles. The van der Waals surface area contributed by atoms with Crippen LogP contribution in [0.25, 0.3) is 0 Å². The molecule has 0 aliphatic heterocycles. The highest BCUT2D eigenvalue weighted by Gasteiger charge is 2.28. The lowest BCUT2D eigenvalue weighted by Gasteiger charge is -2.31. The zero-order chi connectivity index (χ0) is 15.3. The average molecular weight is 330 g/mol. The minimum atomic E-state index is -3.35. The highest BCUT2D eigenvalue weighted by atomic mass is 35.5. The van der Waals surface area contributed by atoms with Crippen LogP contribution >= 0.6 is 11.6 Å². The Kier molecular flexibility index (Phi) is 6.08. The van der Waals surface area contributed by atoms with Gasteiger partial charge in [-0.3, -0.25) is 0 Å². The van der Waals surface area contributed by atoms with Crippen molar-refractivity contribution in [1.29, 1.82) is 0 Å². The third-order valence-electron chi connectivity index (χ3n) is 4.20. The molecule has 0 spiro atoms. The number of alkyl halides is 1. The molecule has 1 saturated carbocycles. The summed E-state index contributed by atoms with van der Waals surface area (Å²) in [5.41, 5.74) is 1.14. The number of halogens is 1. The average Bonchev–Trinajstić information content (AvgIpc) is 2.44. The van der Waals surface area contributed by atoms with E-state index >= 15 is 0 Å². The van der Waals surface area contributed by atoms with Crippen molar-refractivity contribution in [2.45, 2.75) is 43.9 Å². The van der Waals surface area contributed by atoms with Gasteiger partial charge in [-0.25, -0.2) is 8.42 Å². The minimum Gasteiger partial charge on any atom is -0.207 e. The van der Waals surface area contributed by atoms with Crippen LogP contribution in [0.2, 0.25) is 0 Å². The van der Waals surface area contributed by atoms with Crippen LogP contribution < -0.4 is 0 Å². The number of hydrogen-bond acceptors (Lipinski definition) is 2. The van der Waals surface area contributed by atoms with Crippen LogP contribution in [0.1, 0.15) is 38.2 Å². The van der Waals surface area contributed by atoms with Gasteiger partial charge in [0.15, 0.2) is 0 Å². The van der Waals surface area contributed by atoms with Crippen molar-refractivity contribution in [2.75, 3.05) is 19.0 Å². The SMILES string of the molecule is CCN(CC1CCC1)S(=O)(=O)c1ccc(CCCCl)cc1. The van der Waals surface area contributed by atoms with Gasteiger partial charge in [-0.2, -0.15) is 4.31 Å². The Morgan fingerprint density at radius 1 is 1.24 bits per heavy atom. The molecule has 1 aliphatic rings. The molecule has 1 aromatic rings. The van der Waals surface area contributed by atoms with E-state index in [4.69, 9.17) is 11.6 Å². The molecule has 0 bridgehead atoms. The maximum Gasteiger partial charge on any atom is 0.243 e. The fraction of sp³-hybridized carbons (Fsp3) is 0.625. The molecule has 5 heteroatoms. The van der Waals surface area contributed by atoms with E-state index < -0.39 is 10.0 Å². The molecule has 0 saturated heterocycles. The second-order valence-electron chi connectivity index (χ2n) is 5.69. The minimum absolute atomic E-state index is 0.401. The normalized spacial score (nSPS) is 16.1. The Labute approximate surface area is 133 Å². The summed E-state index contributed by atoms with van der Waals surface area (Å²) in [5, 5.41) is 0. The van der Waals surface area contributed by atoms with Gasteiger partial charge in [0.05, 0.1) is 4.90 Å². The zero-order valence-electron chi connectivity index (χ0n) is 12.6. The van der Waals surface area contributed by atoms with Crippen molar-refractivity contribution < 1.29 is 8.42 Å². The summed E-state index contributed by atoms with van der Waals surface area (Å²) in [6, 6.07) is 7.25. The lowest BCUT2D eigenvalue weighted by Crippen LogP contribution is -2.37. The van der Waals surface area contributed by atoms with E-state index in [1.807, 2.05) is 19.1 Å². The number of benzene rings is 1. The van der Waals surface area contributed by atoms with Crippen LogP contribution in [0.5, 0.6) is 0 Å². The molecule has 0 N–H and O–H groups in total. The fourth-order valence-electron chi connectivity index (χ4n) is 2.61. The van der Waals surface area contributed by atoms with Crippen molar-refractivity contribution >= 4 is 21.6 Å². The van der Waals surface area contributed by atoms with E-state index in [0.29, 0.717) is 29.8 Å². The largest absolute Gasteiger partial charge is 0.243 e. The predicted molar refractivity (Wildman–Crippen MR) is 87.3 cm³/mol. The number of aryl methyl sites for hydroxylation is 1. The van der Waals surface area contributed by atoms with Crippen LogP contribution in [-0.2, 0) is 16.4 Å². The Balaban J connectivity index is 2.09. The summed E-state index contributed by atoms with van der Waals surface area (Å²) in [7, 11) is -3.35. The third-order valence-corrected chi connectivity index (χ3v) is 6.42. The molecule has 3 nitrogen and oxygen atoms in total. The summed E-state index contributed by atoms with van der Waals surface area (Å²) in [5.74, 6) is 1.17. The van der Waals surface area contributed by atoms with E-state index in [9.17, 15) is 8.42 Å². The third kappa shape index (κ3) is 4.21. The first-order chi connectivity index (χ1) is 10.1. The van der Waals surface area contributed by atoms with Crippen LogP contribution in [-0.4, -0.2) is 31.7 Å². The van der Waals surface area contributed by atoms with E-state index in [-0.39, 0.29) is 0 Å². The molecule has 2 rings (SSSR count). The van der Waals surface area contributed by atoms with Gasteiger partial charge in [0, 0.05) is 19.0 Å². The molecule has 1 fully saturated rings. The lowest BCUT2D eigenvalue weighted by molar-refractivity contribution is 0.250. The maximum atomic E-state index is 12.7. The van der Waals surface area contributed by atoms with E-state index in [1.54, 1.807) is 16.4 Å². The predicted octanol–water partition coefficient (Wildman–Crippen LogP) is 3.67. The quantitative estimate of drug-likeness (QED) is 0.682. The van der Waals surface area contributed by atoms with E-state index in [0.717, 1.165) is 31.2 Å². The van der Waals surface area contributed by atoms with Crippen molar-refractivity contribution in [2.24, 2.45) is 5.92 Å². The molecular weight excluding hydrogens is 306 g/mol. The van der Waals surface area contributed by atoms with Crippen LogP contribution in [0.3, 0.4) is 0 Å². The standard InChI is InChI=1S/C16H24ClNO2S/c1-2-18(13-15-5-3-6-15)21(19,20)16-10-8-14(9-11-16)7-4-12-17/h8-11,15H,2-7,12-13H2,1H3. The van der Waals surface area contributed by atoms with Gasteiger partial charge in [-0.05, 0) is 49.3 Å². The van der Waals surface area contributed by atoms with Crippen molar-refractivity contribution in [3.63, 3.8) is 0 Å². The molecule has 0 amide bonds. The van der Waals surface area contributed by atoms with E-state index in [2.05, 4.69) is 0 Å². The molecule has 0 unspecified atom stereocenters. The number of nitrogens with zero attached hydrogens (tertiary/aromatic N) is 1. The van der Waals surface area contributed by atoms with Gasteiger partial charge < -0.3 is 0 Å². The summed E-state index contributed by atoms with van der Waals surface area (Å²) in [6.07, 6.45) is 5.35. The van der Waals surface area contributed by atoms with Gasteiger partial charge in [0.1, 0.15) is 0 Å². The second-order valence-corrected chi connectivity index (χ2v) is 8.00. The van der Waals surface area contributed by atoms with Crippen molar-refractivity contribution in [3.8, 4) is 0 Å². The topological polar surface area (TPSA) is 37.4 Å². The van der Waals surface area contributed by atoms with Crippen LogP contribution in [0.4, 0.5) is 0 Å². The summed E-state index contributed by atoms with van der Waals surface area (Å²) < 4.78 is 27.0. The molecule has 118 valence electrons. The molecule has 0 aromatic heterocycles. The summed E-state index contributed by atoms with van der Waals surface area (Å²) in [6.45, 7) is 3.10. The molecule has 21 heavy (non-hydrogen) atoms. The molecule has 0 heterocycles. The Hall–Kier alpha value is -0.580. The van der Waals surface area contributed by atoms with E-state index in [1.165, 1.54) is 6.42 Å². The zero-order valence-corrected chi connectivity index (χ0v) is 14.2. The number of hydrogen-bond donors (Lipinski definition) is 0. The second kappa shape index (κ2) is 7.61. The fourth-order valence-corrected chi connectivity index (χ4v) is 4.27. The van der Waals surface area contributed by atoms with Crippen LogP contribution in [0, 0.1) is 5.92 Å². The summed E-state index contributed by atoms with van der Waals surface area (Å²) >= 11 is 5.68. The van der Waals surface area contributed by atoms with Gasteiger partial charge in [-0.1, -0.05) is 25.5 Å². The Morgan fingerprint density at radius 3 is 2.38 bits per heavy atom. The molecule has 0 atom stereocenters. The molecule has 1 aromatic carbocycles. The lowest BCUT2D eigenvalue weighted by atomic mass is 9.85. The number of sulfonamides is 1. The Morgan fingerprint density at radius 2 is 1.90 bits per heavy atom. The maximum absolute atomic E-state index is 12.7. The Bertz CT molecular complexity index is 538. The van der Waals surface area contributed by atoms with Gasteiger partial charge in [-0.15, -0.1) is 11.6 Å². The number of rotatable bonds is 8. The highest BCUT2D eigenvalue weighted by molar-refractivity contribution is 7.89. The monoisotopic (exact) mass is 329 g/mol. The first-order valence-corrected chi connectivity index (χ1v) is 9.70. The first-order valence-electron chi connectivity index (χ1n) is 7.73. The van der Waals surface area contributed by atoms with Gasteiger partial charge in [0.2, 0.25) is 10.0 Å². The summed E-state index contributed by atoms with van der Waals surface area (Å²) in [4.78, 5) is 0.401.